The van der Waals surface area contributed by atoms with E-state index in [0.717, 1.165) is 44.9 Å². The van der Waals surface area contributed by atoms with Crippen LogP contribution in [0.4, 0.5) is 0 Å². The summed E-state index contributed by atoms with van der Waals surface area (Å²) in [7, 11) is 0. The number of unbranched alkanes of at least 4 members (excludes halogenated alkanes) is 31. The van der Waals surface area contributed by atoms with Crippen molar-refractivity contribution in [3.8, 4) is 0 Å². The monoisotopic (exact) mass is 760 g/mol. The van der Waals surface area contributed by atoms with E-state index in [0.29, 0.717) is 6.42 Å². The molecule has 0 radical (unpaired) electrons. The van der Waals surface area contributed by atoms with E-state index in [9.17, 15) is 20.1 Å². The van der Waals surface area contributed by atoms with Crippen molar-refractivity contribution in [2.24, 2.45) is 0 Å². The second kappa shape index (κ2) is 44.3. The van der Waals surface area contributed by atoms with Gasteiger partial charge in [0.05, 0.1) is 18.8 Å². The summed E-state index contributed by atoms with van der Waals surface area (Å²) < 4.78 is 0. The van der Waals surface area contributed by atoms with E-state index in [1.807, 2.05) is 6.08 Å². The van der Waals surface area contributed by atoms with Gasteiger partial charge in [0.1, 0.15) is 6.10 Å². The number of aliphatic hydroxyl groups is 3. The van der Waals surface area contributed by atoms with Crippen molar-refractivity contribution in [2.75, 3.05) is 6.61 Å². The Balaban J connectivity index is 3.55. The van der Waals surface area contributed by atoms with Crippen LogP contribution in [0.3, 0.4) is 0 Å². The quantitative estimate of drug-likeness (QED) is 0.0368. The fourth-order valence-corrected chi connectivity index (χ4v) is 7.20. The number of carbonyl (C=O) groups excluding carboxylic acids is 1. The van der Waals surface area contributed by atoms with Crippen molar-refractivity contribution in [2.45, 2.75) is 263 Å². The Morgan fingerprint density at radius 2 is 0.759 bits per heavy atom. The van der Waals surface area contributed by atoms with Crippen molar-refractivity contribution >= 4 is 5.91 Å². The lowest BCUT2D eigenvalue weighted by atomic mass is 10.0. The first kappa shape index (κ1) is 52.6. The van der Waals surface area contributed by atoms with Gasteiger partial charge >= 0.3 is 0 Å². The maximum Gasteiger partial charge on any atom is 0.249 e. The van der Waals surface area contributed by atoms with Crippen molar-refractivity contribution in [1.82, 2.24) is 5.32 Å². The first-order chi connectivity index (χ1) is 26.6. The third-order valence-corrected chi connectivity index (χ3v) is 11.0. The minimum atomic E-state index is -1.11. The van der Waals surface area contributed by atoms with Crippen LogP contribution < -0.4 is 5.32 Å². The summed E-state index contributed by atoms with van der Waals surface area (Å²) in [4.78, 5) is 12.5. The van der Waals surface area contributed by atoms with Crippen LogP contribution in [0.15, 0.2) is 36.5 Å². The number of aliphatic hydroxyl groups excluding tert-OH is 3. The molecule has 0 spiro atoms. The molecule has 0 aromatic heterocycles. The average molecular weight is 760 g/mol. The molecule has 0 saturated heterocycles. The van der Waals surface area contributed by atoms with E-state index in [-0.39, 0.29) is 6.61 Å². The Kier molecular flexibility index (Phi) is 43.1. The van der Waals surface area contributed by atoms with Crippen molar-refractivity contribution in [3.63, 3.8) is 0 Å². The number of allylic oxidation sites excluding steroid dienone is 5. The second-order valence-electron chi connectivity index (χ2n) is 16.3. The Morgan fingerprint density at radius 1 is 0.444 bits per heavy atom. The summed E-state index contributed by atoms with van der Waals surface area (Å²) in [6.45, 7) is 4.13. The van der Waals surface area contributed by atoms with Crippen LogP contribution in [-0.2, 0) is 4.79 Å². The van der Waals surface area contributed by atoms with E-state index in [2.05, 4.69) is 43.5 Å². The summed E-state index contributed by atoms with van der Waals surface area (Å²) in [5, 5.41) is 33.1. The van der Waals surface area contributed by atoms with Gasteiger partial charge in [0, 0.05) is 0 Å². The second-order valence-corrected chi connectivity index (χ2v) is 16.3. The highest BCUT2D eigenvalue weighted by Crippen LogP contribution is 2.17. The van der Waals surface area contributed by atoms with Gasteiger partial charge in [-0.2, -0.15) is 0 Å². The molecule has 3 atom stereocenters. The molecule has 0 saturated carbocycles. The molecule has 0 aromatic rings. The van der Waals surface area contributed by atoms with Gasteiger partial charge in [0.2, 0.25) is 5.91 Å². The van der Waals surface area contributed by atoms with Gasteiger partial charge in [-0.15, -0.1) is 0 Å². The highest BCUT2D eigenvalue weighted by molar-refractivity contribution is 5.80. The van der Waals surface area contributed by atoms with Crippen LogP contribution in [0.1, 0.15) is 245 Å². The summed E-state index contributed by atoms with van der Waals surface area (Å²) in [5.41, 5.74) is 0. The standard InChI is InChI=1S/C49H93NO4/c1-3-5-7-9-11-13-15-17-18-19-20-21-22-23-24-25-26-27-28-29-30-31-32-34-36-38-40-42-44-48(53)49(54)50-46(45-51)47(52)43-41-39-37-35-33-16-14-12-10-8-6-4-2/h10,12,33,35,41,43,46-48,51-53H,3-9,11,13-32,34,36-40,42,44-45H2,1-2H3,(H,50,54)/b12-10+,35-33+,43-41+. The SMILES string of the molecule is CCCC/C=C/CC/C=C/CC/C=C/C(O)C(CO)NC(=O)C(O)CCCCCCCCCCCCCCCCCCCCCCCCCCCCCC. The van der Waals surface area contributed by atoms with E-state index >= 15 is 0 Å². The molecule has 0 heterocycles. The molecule has 0 fully saturated rings. The highest BCUT2D eigenvalue weighted by Gasteiger charge is 2.22. The summed E-state index contributed by atoms with van der Waals surface area (Å²) >= 11 is 0. The van der Waals surface area contributed by atoms with Gasteiger partial charge in [-0.25, -0.2) is 0 Å². The third-order valence-electron chi connectivity index (χ3n) is 11.0. The molecule has 54 heavy (non-hydrogen) atoms. The Labute approximate surface area is 336 Å². The fourth-order valence-electron chi connectivity index (χ4n) is 7.20. The molecule has 0 aliphatic heterocycles. The summed E-state index contributed by atoms with van der Waals surface area (Å²) in [6.07, 6.45) is 56.4. The summed E-state index contributed by atoms with van der Waals surface area (Å²) in [6, 6.07) is -0.818. The zero-order valence-electron chi connectivity index (χ0n) is 36.1. The highest BCUT2D eigenvalue weighted by atomic mass is 16.3. The van der Waals surface area contributed by atoms with Crippen LogP contribution in [0, 0.1) is 0 Å². The molecular formula is C49H93NO4. The van der Waals surface area contributed by atoms with Crippen LogP contribution in [0.2, 0.25) is 0 Å². The molecule has 1 amide bonds. The first-order valence-electron chi connectivity index (χ1n) is 23.8. The predicted molar refractivity (Wildman–Crippen MR) is 236 cm³/mol. The largest absolute Gasteiger partial charge is 0.394 e. The topological polar surface area (TPSA) is 89.8 Å². The van der Waals surface area contributed by atoms with Crippen LogP contribution >= 0.6 is 0 Å². The van der Waals surface area contributed by atoms with E-state index < -0.39 is 24.2 Å². The van der Waals surface area contributed by atoms with Gasteiger partial charge < -0.3 is 20.6 Å². The summed E-state index contributed by atoms with van der Waals surface area (Å²) in [5.74, 6) is -0.516. The van der Waals surface area contributed by atoms with Crippen molar-refractivity contribution in [3.05, 3.63) is 36.5 Å². The molecule has 4 N–H and O–H groups in total. The van der Waals surface area contributed by atoms with E-state index in [1.54, 1.807) is 6.08 Å². The van der Waals surface area contributed by atoms with Crippen molar-refractivity contribution < 1.29 is 20.1 Å². The smallest absolute Gasteiger partial charge is 0.249 e. The third kappa shape index (κ3) is 38.8. The number of amides is 1. The average Bonchev–Trinajstić information content (AvgIpc) is 3.18. The number of carbonyl (C=O) groups is 1. The van der Waals surface area contributed by atoms with Gasteiger partial charge in [0.25, 0.3) is 0 Å². The normalized spacial score (nSPS) is 13.8. The molecule has 318 valence electrons. The Bertz CT molecular complexity index is 840. The molecule has 5 heteroatoms. The zero-order chi connectivity index (χ0) is 39.4. The van der Waals surface area contributed by atoms with Gasteiger partial charge in [0.15, 0.2) is 0 Å². The maximum absolute atomic E-state index is 12.5. The van der Waals surface area contributed by atoms with E-state index in [4.69, 9.17) is 0 Å². The molecule has 0 bridgehead atoms. The molecule has 0 aliphatic rings. The molecule has 3 unspecified atom stereocenters. The minimum absolute atomic E-state index is 0.380. The number of hydrogen-bond donors (Lipinski definition) is 4. The maximum atomic E-state index is 12.5. The fraction of sp³-hybridized carbons (Fsp3) is 0.857. The number of rotatable bonds is 43. The van der Waals surface area contributed by atoms with Crippen LogP contribution in [0.25, 0.3) is 0 Å². The number of hydrogen-bond acceptors (Lipinski definition) is 4. The lowest BCUT2D eigenvalue weighted by Gasteiger charge is -2.21. The molecule has 0 aromatic carbocycles. The Morgan fingerprint density at radius 3 is 1.11 bits per heavy atom. The zero-order valence-corrected chi connectivity index (χ0v) is 36.1. The minimum Gasteiger partial charge on any atom is -0.394 e. The van der Waals surface area contributed by atoms with Gasteiger partial charge in [-0.05, 0) is 38.5 Å². The number of nitrogens with one attached hydrogen (secondary N) is 1. The Hall–Kier alpha value is -1.43. The lowest BCUT2D eigenvalue weighted by Crippen LogP contribution is -2.48. The van der Waals surface area contributed by atoms with E-state index in [1.165, 1.54) is 180 Å². The molecule has 5 nitrogen and oxygen atoms in total. The van der Waals surface area contributed by atoms with Crippen molar-refractivity contribution in [1.29, 1.82) is 0 Å². The lowest BCUT2D eigenvalue weighted by molar-refractivity contribution is -0.131. The van der Waals surface area contributed by atoms with Gasteiger partial charge in [-0.3, -0.25) is 4.79 Å². The molecular weight excluding hydrogens is 667 g/mol. The van der Waals surface area contributed by atoms with Crippen LogP contribution in [0.5, 0.6) is 0 Å². The molecule has 0 aliphatic carbocycles. The molecule has 0 rings (SSSR count). The van der Waals surface area contributed by atoms with Crippen LogP contribution in [-0.4, -0.2) is 46.1 Å². The first-order valence-corrected chi connectivity index (χ1v) is 23.8. The van der Waals surface area contributed by atoms with Gasteiger partial charge in [-0.1, -0.05) is 243 Å². The predicted octanol–water partition coefficient (Wildman–Crippen LogP) is 13.9.